The predicted molar refractivity (Wildman–Crippen MR) is 95.3 cm³/mol. The van der Waals surface area contributed by atoms with E-state index < -0.39 is 12.1 Å². The van der Waals surface area contributed by atoms with E-state index in [1.807, 2.05) is 0 Å². The molecule has 7 nitrogen and oxygen atoms in total. The maximum absolute atomic E-state index is 12.6. The second-order valence-corrected chi connectivity index (χ2v) is 5.76. The highest BCUT2D eigenvalue weighted by atomic mass is 16.5. The van der Waals surface area contributed by atoms with Gasteiger partial charge < -0.3 is 19.7 Å². The van der Waals surface area contributed by atoms with Gasteiger partial charge in [-0.05, 0) is 36.4 Å². The Morgan fingerprint density at radius 2 is 1.81 bits per heavy atom. The maximum atomic E-state index is 12.6. The van der Waals surface area contributed by atoms with E-state index in [2.05, 4.69) is 10.1 Å². The summed E-state index contributed by atoms with van der Waals surface area (Å²) in [4.78, 5) is 37.4. The highest BCUT2D eigenvalue weighted by Crippen LogP contribution is 2.33. The van der Waals surface area contributed by atoms with E-state index >= 15 is 0 Å². The first-order valence-corrected chi connectivity index (χ1v) is 8.02. The quantitative estimate of drug-likeness (QED) is 0.855. The molecule has 7 heteroatoms. The van der Waals surface area contributed by atoms with Gasteiger partial charge in [0.15, 0.2) is 6.10 Å². The van der Waals surface area contributed by atoms with Crippen molar-refractivity contribution in [3.05, 3.63) is 54.1 Å². The number of benzene rings is 2. The molecular formula is C19H18N2O5. The van der Waals surface area contributed by atoms with E-state index in [1.165, 1.54) is 18.9 Å². The van der Waals surface area contributed by atoms with Crippen molar-refractivity contribution in [2.24, 2.45) is 0 Å². The molecule has 1 aliphatic rings. The molecule has 0 spiro atoms. The van der Waals surface area contributed by atoms with E-state index in [1.54, 1.807) is 48.5 Å². The van der Waals surface area contributed by atoms with Crippen LogP contribution in [0.25, 0.3) is 0 Å². The van der Waals surface area contributed by atoms with Gasteiger partial charge in [0.25, 0.3) is 5.91 Å². The van der Waals surface area contributed by atoms with Crippen LogP contribution in [-0.4, -0.2) is 37.5 Å². The zero-order valence-corrected chi connectivity index (χ0v) is 14.4. The van der Waals surface area contributed by atoms with Crippen molar-refractivity contribution in [2.45, 2.75) is 13.0 Å². The number of rotatable bonds is 3. The van der Waals surface area contributed by atoms with E-state index in [0.717, 1.165) is 0 Å². The Labute approximate surface area is 150 Å². The number of ether oxygens (including phenoxy) is 2. The molecule has 1 heterocycles. The molecule has 1 N–H and O–H groups in total. The van der Waals surface area contributed by atoms with Gasteiger partial charge in [0, 0.05) is 12.6 Å². The number of hydrogen-bond acceptors (Lipinski definition) is 5. The van der Waals surface area contributed by atoms with Crippen molar-refractivity contribution in [3.63, 3.8) is 0 Å². The molecule has 0 aliphatic carbocycles. The fourth-order valence-corrected chi connectivity index (χ4v) is 2.70. The van der Waals surface area contributed by atoms with Crippen molar-refractivity contribution in [1.29, 1.82) is 0 Å². The lowest BCUT2D eigenvalue weighted by Crippen LogP contribution is -2.48. The van der Waals surface area contributed by atoms with Crippen molar-refractivity contribution >= 4 is 29.2 Å². The molecule has 0 radical (unpaired) electrons. The summed E-state index contributed by atoms with van der Waals surface area (Å²) >= 11 is 0. The molecule has 0 bridgehead atoms. The minimum absolute atomic E-state index is 0.123. The average Bonchev–Trinajstić information content (AvgIpc) is 2.66. The van der Waals surface area contributed by atoms with Crippen LogP contribution in [0.15, 0.2) is 48.5 Å². The van der Waals surface area contributed by atoms with Gasteiger partial charge in [0.2, 0.25) is 5.91 Å². The van der Waals surface area contributed by atoms with Crippen LogP contribution in [-0.2, 0) is 14.3 Å². The number of amides is 2. The largest absolute Gasteiger partial charge is 0.476 e. The average molecular weight is 354 g/mol. The summed E-state index contributed by atoms with van der Waals surface area (Å²) in [6.45, 7) is 1.57. The molecule has 134 valence electrons. The lowest BCUT2D eigenvalue weighted by atomic mass is 10.1. The summed E-state index contributed by atoms with van der Waals surface area (Å²) in [5.74, 6) is -0.514. The normalized spacial score (nSPS) is 15.5. The van der Waals surface area contributed by atoms with Crippen LogP contribution >= 0.6 is 0 Å². The van der Waals surface area contributed by atoms with Gasteiger partial charge in [-0.1, -0.05) is 12.1 Å². The Balaban J connectivity index is 1.74. The first kappa shape index (κ1) is 17.5. The number of esters is 1. The molecule has 2 aromatic rings. The third-order valence-electron chi connectivity index (χ3n) is 4.02. The minimum atomic E-state index is -0.839. The first-order valence-electron chi connectivity index (χ1n) is 8.02. The van der Waals surface area contributed by atoms with E-state index in [-0.39, 0.29) is 18.4 Å². The predicted octanol–water partition coefficient (Wildman–Crippen LogP) is 2.23. The fraction of sp³-hybridized carbons (Fsp3) is 0.211. The van der Waals surface area contributed by atoms with Crippen LogP contribution in [0, 0.1) is 0 Å². The van der Waals surface area contributed by atoms with Gasteiger partial charge in [-0.15, -0.1) is 0 Å². The highest BCUT2D eigenvalue weighted by Gasteiger charge is 2.32. The standard InChI is InChI=1S/C19H18N2O5/c1-12(22)21-11-17(26-16-6-4-3-5-15(16)21)18(23)20-14-9-7-13(8-10-14)19(24)25-2/h3-10,17H,11H2,1-2H3,(H,20,23). The van der Waals surface area contributed by atoms with Crippen LogP contribution in [0.4, 0.5) is 11.4 Å². The van der Waals surface area contributed by atoms with Gasteiger partial charge in [0.05, 0.1) is 24.9 Å². The lowest BCUT2D eigenvalue weighted by molar-refractivity contribution is -0.123. The van der Waals surface area contributed by atoms with Gasteiger partial charge in [0.1, 0.15) is 5.75 Å². The summed E-state index contributed by atoms with van der Waals surface area (Å²) in [7, 11) is 1.30. The Morgan fingerprint density at radius 1 is 1.12 bits per heavy atom. The highest BCUT2D eigenvalue weighted by molar-refractivity contribution is 5.99. The molecule has 3 rings (SSSR count). The zero-order valence-electron chi connectivity index (χ0n) is 14.4. The molecule has 1 aliphatic heterocycles. The molecule has 1 unspecified atom stereocenters. The minimum Gasteiger partial charge on any atom is -0.476 e. The number of carbonyl (C=O) groups excluding carboxylic acids is 3. The summed E-state index contributed by atoms with van der Waals surface area (Å²) in [5.41, 5.74) is 1.54. The van der Waals surface area contributed by atoms with E-state index in [0.29, 0.717) is 22.7 Å². The van der Waals surface area contributed by atoms with Gasteiger partial charge in [-0.25, -0.2) is 4.79 Å². The monoisotopic (exact) mass is 354 g/mol. The van der Waals surface area contributed by atoms with Crippen molar-refractivity contribution < 1.29 is 23.9 Å². The zero-order chi connectivity index (χ0) is 18.7. The van der Waals surface area contributed by atoms with Crippen LogP contribution in [0.2, 0.25) is 0 Å². The second-order valence-electron chi connectivity index (χ2n) is 5.76. The van der Waals surface area contributed by atoms with Crippen LogP contribution in [0.3, 0.4) is 0 Å². The first-order chi connectivity index (χ1) is 12.5. The number of hydrogen-bond donors (Lipinski definition) is 1. The summed E-state index contributed by atoms with van der Waals surface area (Å²) < 4.78 is 10.4. The third kappa shape index (κ3) is 3.51. The molecule has 1 atom stereocenters. The molecule has 0 saturated heterocycles. The number of methoxy groups -OCH3 is 1. The number of nitrogens with zero attached hydrogens (tertiary/aromatic N) is 1. The van der Waals surface area contributed by atoms with E-state index in [4.69, 9.17) is 4.74 Å². The molecule has 0 fully saturated rings. The van der Waals surface area contributed by atoms with Gasteiger partial charge in [-0.3, -0.25) is 9.59 Å². The number of fused-ring (bicyclic) bond motifs is 1. The van der Waals surface area contributed by atoms with Crippen LogP contribution < -0.4 is 15.0 Å². The summed E-state index contributed by atoms with van der Waals surface area (Å²) in [6.07, 6.45) is -0.839. The van der Waals surface area contributed by atoms with Crippen molar-refractivity contribution in [2.75, 3.05) is 23.9 Å². The Morgan fingerprint density at radius 3 is 2.46 bits per heavy atom. The van der Waals surface area contributed by atoms with Gasteiger partial charge in [-0.2, -0.15) is 0 Å². The molecular weight excluding hydrogens is 336 g/mol. The molecule has 2 amide bonds. The topological polar surface area (TPSA) is 84.9 Å². The maximum Gasteiger partial charge on any atom is 0.337 e. The second kappa shape index (κ2) is 7.26. The Kier molecular flexibility index (Phi) is 4.88. The molecule has 0 saturated carbocycles. The summed E-state index contributed by atoms with van der Waals surface area (Å²) in [6, 6.07) is 13.4. The number of anilines is 2. The Hall–Kier alpha value is -3.35. The number of carbonyl (C=O) groups is 3. The van der Waals surface area contributed by atoms with E-state index in [9.17, 15) is 14.4 Å². The molecule has 26 heavy (non-hydrogen) atoms. The molecule has 0 aromatic heterocycles. The van der Waals surface area contributed by atoms with Crippen LogP contribution in [0.1, 0.15) is 17.3 Å². The SMILES string of the molecule is COC(=O)c1ccc(NC(=O)C2CN(C(C)=O)c3ccccc3O2)cc1. The van der Waals surface area contributed by atoms with Crippen molar-refractivity contribution in [3.8, 4) is 5.75 Å². The smallest absolute Gasteiger partial charge is 0.337 e. The molecule has 2 aromatic carbocycles. The fourth-order valence-electron chi connectivity index (χ4n) is 2.70. The third-order valence-corrected chi connectivity index (χ3v) is 4.02. The number of para-hydroxylation sites is 2. The van der Waals surface area contributed by atoms with Gasteiger partial charge >= 0.3 is 5.97 Å². The lowest BCUT2D eigenvalue weighted by Gasteiger charge is -2.33. The number of nitrogens with one attached hydrogen (secondary N) is 1. The van der Waals surface area contributed by atoms with Crippen LogP contribution in [0.5, 0.6) is 5.75 Å². The van der Waals surface area contributed by atoms with Crippen molar-refractivity contribution in [1.82, 2.24) is 0 Å². The Bertz CT molecular complexity index is 847. The summed E-state index contributed by atoms with van der Waals surface area (Å²) in [5, 5.41) is 2.73.